The monoisotopic (exact) mass is 411 g/mol. The minimum Gasteiger partial charge on any atom is -0.465 e. The lowest BCUT2D eigenvalue weighted by Crippen LogP contribution is -2.36. The Morgan fingerprint density at radius 3 is 2.31 bits per heavy atom. The normalized spacial score (nSPS) is 11.1. The van der Waals surface area contributed by atoms with E-state index >= 15 is 0 Å². The van der Waals surface area contributed by atoms with Crippen LogP contribution in [-0.4, -0.2) is 56.1 Å². The molecule has 0 aliphatic carbocycles. The van der Waals surface area contributed by atoms with Crippen molar-refractivity contribution in [1.29, 1.82) is 0 Å². The Morgan fingerprint density at radius 1 is 1.03 bits per heavy atom. The van der Waals surface area contributed by atoms with Gasteiger partial charge in [-0.15, -0.1) is 0 Å². The molecule has 7 heteroatoms. The lowest BCUT2D eigenvalue weighted by Gasteiger charge is -2.22. The van der Waals surface area contributed by atoms with Crippen LogP contribution in [0.1, 0.15) is 31.8 Å². The molecule has 0 saturated carbocycles. The number of likely N-dealkylation sites (N-methyl/N-ethyl adjacent to an activating group) is 1. The smallest absolute Gasteiger partial charge is 0.337 e. The van der Waals surface area contributed by atoms with Crippen LogP contribution < -0.4 is 4.90 Å². The molecule has 0 aliphatic heterocycles. The van der Waals surface area contributed by atoms with E-state index in [2.05, 4.69) is 19.1 Å². The van der Waals surface area contributed by atoms with Crippen molar-refractivity contribution in [1.82, 2.24) is 9.88 Å². The van der Waals surface area contributed by atoms with E-state index in [1.54, 1.807) is 29.2 Å². The average Bonchev–Trinajstić information content (AvgIpc) is 3.11. The number of methoxy groups -OCH3 is 1. The second-order valence-electron chi connectivity index (χ2n) is 7.25. The number of aromatic nitrogens is 1. The van der Waals surface area contributed by atoms with E-state index in [0.29, 0.717) is 29.3 Å². The standard InChI is InChI=1S/C22H25N3O3S/c1-14-12-15(2)19-18(13-14)29-22(23-19)25(11-10-24(3)4)20(26)16-6-8-17(9-7-16)21(27)28-5/h6-9,12-13H,10-11H2,1-5H3. The van der Waals surface area contributed by atoms with E-state index in [0.717, 1.165) is 15.8 Å². The molecule has 0 atom stereocenters. The zero-order valence-corrected chi connectivity index (χ0v) is 18.2. The van der Waals surface area contributed by atoms with Crippen molar-refractivity contribution in [2.45, 2.75) is 13.8 Å². The van der Waals surface area contributed by atoms with Gasteiger partial charge in [-0.05, 0) is 69.4 Å². The summed E-state index contributed by atoms with van der Waals surface area (Å²) in [5.41, 5.74) is 4.12. The zero-order chi connectivity index (χ0) is 21.1. The fourth-order valence-corrected chi connectivity index (χ4v) is 4.25. The van der Waals surface area contributed by atoms with E-state index in [-0.39, 0.29) is 5.91 Å². The Hall–Kier alpha value is -2.77. The summed E-state index contributed by atoms with van der Waals surface area (Å²) in [6.07, 6.45) is 0. The number of rotatable bonds is 6. The van der Waals surface area contributed by atoms with Crippen molar-refractivity contribution < 1.29 is 14.3 Å². The van der Waals surface area contributed by atoms with Gasteiger partial charge in [0.15, 0.2) is 5.13 Å². The Bertz CT molecular complexity index is 1040. The first-order valence-corrected chi connectivity index (χ1v) is 10.1. The summed E-state index contributed by atoms with van der Waals surface area (Å²) in [5.74, 6) is -0.567. The molecule has 0 saturated heterocycles. The van der Waals surface area contributed by atoms with Crippen molar-refractivity contribution >= 4 is 38.6 Å². The predicted molar refractivity (Wildman–Crippen MR) is 117 cm³/mol. The largest absolute Gasteiger partial charge is 0.465 e. The lowest BCUT2D eigenvalue weighted by molar-refractivity contribution is 0.0600. The van der Waals surface area contributed by atoms with E-state index in [1.165, 1.54) is 24.0 Å². The van der Waals surface area contributed by atoms with E-state index < -0.39 is 5.97 Å². The van der Waals surface area contributed by atoms with Crippen LogP contribution in [-0.2, 0) is 4.74 Å². The molecule has 0 aliphatic rings. The molecule has 0 bridgehead atoms. The number of ether oxygens (including phenoxy) is 1. The topological polar surface area (TPSA) is 62.7 Å². The third kappa shape index (κ3) is 4.63. The summed E-state index contributed by atoms with van der Waals surface area (Å²) in [6, 6.07) is 10.7. The fraction of sp³-hybridized carbons (Fsp3) is 0.318. The Kier molecular flexibility index (Phi) is 6.30. The molecule has 29 heavy (non-hydrogen) atoms. The summed E-state index contributed by atoms with van der Waals surface area (Å²) in [5, 5.41) is 0.678. The van der Waals surface area contributed by atoms with E-state index in [1.807, 2.05) is 25.9 Å². The van der Waals surface area contributed by atoms with Crippen LogP contribution in [0.5, 0.6) is 0 Å². The molecule has 0 radical (unpaired) electrons. The first kappa shape index (κ1) is 21.0. The van der Waals surface area contributed by atoms with Gasteiger partial charge in [0, 0.05) is 18.7 Å². The molecule has 1 aromatic heterocycles. The van der Waals surface area contributed by atoms with Gasteiger partial charge in [-0.25, -0.2) is 9.78 Å². The van der Waals surface area contributed by atoms with Gasteiger partial charge in [0.25, 0.3) is 5.91 Å². The molecule has 0 spiro atoms. The van der Waals surface area contributed by atoms with Crippen LogP contribution in [0.15, 0.2) is 36.4 Å². The van der Waals surface area contributed by atoms with Gasteiger partial charge in [-0.2, -0.15) is 0 Å². The molecule has 1 amide bonds. The molecule has 0 unspecified atom stereocenters. The summed E-state index contributed by atoms with van der Waals surface area (Å²) in [7, 11) is 5.28. The highest BCUT2D eigenvalue weighted by Gasteiger charge is 2.22. The number of hydrogen-bond donors (Lipinski definition) is 0. The van der Waals surface area contributed by atoms with Gasteiger partial charge < -0.3 is 9.64 Å². The maximum absolute atomic E-state index is 13.3. The Balaban J connectivity index is 1.97. The van der Waals surface area contributed by atoms with Crippen LogP contribution in [0.3, 0.4) is 0 Å². The first-order chi connectivity index (χ1) is 13.8. The quantitative estimate of drug-likeness (QED) is 0.576. The molecule has 1 heterocycles. The summed E-state index contributed by atoms with van der Waals surface area (Å²) >= 11 is 1.52. The van der Waals surface area contributed by atoms with E-state index in [9.17, 15) is 9.59 Å². The highest BCUT2D eigenvalue weighted by atomic mass is 32.1. The second-order valence-corrected chi connectivity index (χ2v) is 8.26. The van der Waals surface area contributed by atoms with Crippen molar-refractivity contribution in [2.24, 2.45) is 0 Å². The minimum absolute atomic E-state index is 0.142. The maximum atomic E-state index is 13.3. The average molecular weight is 412 g/mol. The van der Waals surface area contributed by atoms with Crippen LogP contribution in [0.4, 0.5) is 5.13 Å². The fourth-order valence-electron chi connectivity index (χ4n) is 3.08. The molecule has 2 aromatic carbocycles. The molecule has 152 valence electrons. The SMILES string of the molecule is COC(=O)c1ccc(C(=O)N(CCN(C)C)c2nc3c(C)cc(C)cc3s2)cc1. The van der Waals surface area contributed by atoms with Crippen LogP contribution in [0.25, 0.3) is 10.2 Å². The van der Waals surface area contributed by atoms with Crippen molar-refractivity contribution in [3.63, 3.8) is 0 Å². The second kappa shape index (κ2) is 8.71. The van der Waals surface area contributed by atoms with Crippen LogP contribution in [0, 0.1) is 13.8 Å². The van der Waals surface area contributed by atoms with Gasteiger partial charge >= 0.3 is 5.97 Å². The first-order valence-electron chi connectivity index (χ1n) is 9.33. The molecule has 6 nitrogen and oxygen atoms in total. The van der Waals surface area contributed by atoms with Crippen molar-refractivity contribution in [2.75, 3.05) is 39.2 Å². The Morgan fingerprint density at radius 2 is 1.69 bits per heavy atom. The van der Waals surface area contributed by atoms with E-state index in [4.69, 9.17) is 9.72 Å². The number of carbonyl (C=O) groups excluding carboxylic acids is 2. The zero-order valence-electron chi connectivity index (χ0n) is 17.4. The number of benzene rings is 2. The summed E-state index contributed by atoms with van der Waals surface area (Å²) in [4.78, 5) is 33.5. The number of carbonyl (C=O) groups is 2. The Labute approximate surface area is 174 Å². The van der Waals surface area contributed by atoms with Crippen LogP contribution >= 0.6 is 11.3 Å². The van der Waals surface area contributed by atoms with Gasteiger partial charge in [-0.1, -0.05) is 17.4 Å². The molecule has 3 aromatic rings. The number of thiazole rings is 1. The van der Waals surface area contributed by atoms with Gasteiger partial charge in [0.05, 0.1) is 22.9 Å². The van der Waals surface area contributed by atoms with Crippen molar-refractivity contribution in [3.8, 4) is 0 Å². The molecular weight excluding hydrogens is 386 g/mol. The van der Waals surface area contributed by atoms with Gasteiger partial charge in [-0.3, -0.25) is 9.69 Å². The number of anilines is 1. The summed E-state index contributed by atoms with van der Waals surface area (Å²) < 4.78 is 5.80. The number of esters is 1. The van der Waals surface area contributed by atoms with Crippen molar-refractivity contribution in [3.05, 3.63) is 58.7 Å². The molecule has 3 rings (SSSR count). The van der Waals surface area contributed by atoms with Gasteiger partial charge in [0.2, 0.25) is 0 Å². The lowest BCUT2D eigenvalue weighted by atomic mass is 10.1. The predicted octanol–water partition coefficient (Wildman–Crippen LogP) is 3.91. The third-order valence-corrected chi connectivity index (χ3v) is 5.64. The number of fused-ring (bicyclic) bond motifs is 1. The van der Waals surface area contributed by atoms with Gasteiger partial charge in [0.1, 0.15) is 0 Å². The third-order valence-electron chi connectivity index (χ3n) is 4.62. The maximum Gasteiger partial charge on any atom is 0.337 e. The summed E-state index contributed by atoms with van der Waals surface area (Å²) in [6.45, 7) is 5.32. The number of nitrogens with zero attached hydrogens (tertiary/aromatic N) is 3. The number of amides is 1. The molecule has 0 fully saturated rings. The minimum atomic E-state index is -0.425. The number of hydrogen-bond acceptors (Lipinski definition) is 6. The highest BCUT2D eigenvalue weighted by Crippen LogP contribution is 2.32. The number of aryl methyl sites for hydroxylation is 2. The van der Waals surface area contributed by atoms with Crippen LogP contribution in [0.2, 0.25) is 0 Å². The highest BCUT2D eigenvalue weighted by molar-refractivity contribution is 7.22. The molecule has 0 N–H and O–H groups in total. The molecular formula is C22H25N3O3S.